The maximum atomic E-state index is 12.4. The Bertz CT molecular complexity index is 769. The molecule has 0 radical (unpaired) electrons. The highest BCUT2D eigenvalue weighted by Gasteiger charge is 2.35. The summed E-state index contributed by atoms with van der Waals surface area (Å²) >= 11 is 5.78. The fourth-order valence-electron chi connectivity index (χ4n) is 2.92. The molecule has 0 saturated carbocycles. The van der Waals surface area contributed by atoms with Gasteiger partial charge in [0.2, 0.25) is 11.8 Å². The summed E-state index contributed by atoms with van der Waals surface area (Å²) in [5.74, 6) is -0.202. The van der Waals surface area contributed by atoms with E-state index >= 15 is 0 Å². The average Bonchev–Trinajstić information content (AvgIpc) is 2.91. The largest absolute Gasteiger partial charge is 0.312 e. The first-order chi connectivity index (χ1) is 11.4. The Hall–Kier alpha value is -2.40. The summed E-state index contributed by atoms with van der Waals surface area (Å²) in [5, 5.41) is 3.24. The van der Waals surface area contributed by atoms with Crippen LogP contribution in [0, 0.1) is 19.8 Å². The number of hydrogen-bond acceptors (Lipinski definition) is 3. The smallest absolute Gasteiger partial charge is 0.230 e. The number of anilines is 2. The van der Waals surface area contributed by atoms with Gasteiger partial charge in [0, 0.05) is 24.8 Å². The minimum absolute atomic E-state index is 0.0378. The minimum Gasteiger partial charge on any atom is -0.312 e. The lowest BCUT2D eigenvalue weighted by atomic mass is 10.1. The molecule has 0 unspecified atom stereocenters. The second-order valence-electron chi connectivity index (χ2n) is 6.10. The molecule has 1 saturated heterocycles. The monoisotopic (exact) mass is 343 g/mol. The SMILES string of the molecule is Cc1cc(C)cc(N2C[C@@H](C(=O)Nc3ccc(Cl)cn3)CC2=O)c1. The van der Waals surface area contributed by atoms with Gasteiger partial charge < -0.3 is 10.2 Å². The number of pyridine rings is 1. The van der Waals surface area contributed by atoms with E-state index in [1.807, 2.05) is 26.0 Å². The van der Waals surface area contributed by atoms with E-state index in [2.05, 4.69) is 16.4 Å². The molecule has 1 aromatic carbocycles. The van der Waals surface area contributed by atoms with Gasteiger partial charge in [0.05, 0.1) is 10.9 Å². The third-order valence-corrected chi connectivity index (χ3v) is 4.22. The highest BCUT2D eigenvalue weighted by molar-refractivity contribution is 6.30. The molecule has 2 heterocycles. The van der Waals surface area contributed by atoms with Crippen LogP contribution in [-0.4, -0.2) is 23.3 Å². The minimum atomic E-state index is -0.393. The van der Waals surface area contributed by atoms with Gasteiger partial charge in [-0.2, -0.15) is 0 Å². The van der Waals surface area contributed by atoms with Crippen molar-refractivity contribution >= 4 is 34.9 Å². The average molecular weight is 344 g/mol. The van der Waals surface area contributed by atoms with Crippen molar-refractivity contribution in [3.63, 3.8) is 0 Å². The molecule has 124 valence electrons. The molecule has 3 rings (SSSR count). The molecular weight excluding hydrogens is 326 g/mol. The third-order valence-electron chi connectivity index (χ3n) is 3.99. The molecule has 1 aliphatic heterocycles. The van der Waals surface area contributed by atoms with Crippen LogP contribution in [0.4, 0.5) is 11.5 Å². The molecule has 2 aromatic rings. The lowest BCUT2D eigenvalue weighted by molar-refractivity contribution is -0.122. The lowest BCUT2D eigenvalue weighted by Crippen LogP contribution is -2.28. The van der Waals surface area contributed by atoms with Crippen molar-refractivity contribution in [2.45, 2.75) is 20.3 Å². The van der Waals surface area contributed by atoms with Crippen LogP contribution in [0.1, 0.15) is 17.5 Å². The van der Waals surface area contributed by atoms with Crippen LogP contribution in [0.25, 0.3) is 0 Å². The Morgan fingerprint density at radius 2 is 1.96 bits per heavy atom. The van der Waals surface area contributed by atoms with E-state index < -0.39 is 5.92 Å². The van der Waals surface area contributed by atoms with Crippen molar-refractivity contribution < 1.29 is 9.59 Å². The van der Waals surface area contributed by atoms with E-state index in [-0.39, 0.29) is 18.2 Å². The van der Waals surface area contributed by atoms with Gasteiger partial charge >= 0.3 is 0 Å². The fraction of sp³-hybridized carbons (Fsp3) is 0.278. The number of benzene rings is 1. The maximum absolute atomic E-state index is 12.4. The van der Waals surface area contributed by atoms with Crippen LogP contribution in [0.5, 0.6) is 0 Å². The van der Waals surface area contributed by atoms with Gasteiger partial charge in [-0.25, -0.2) is 4.98 Å². The molecule has 0 bridgehead atoms. The summed E-state index contributed by atoms with van der Waals surface area (Å²) in [5.41, 5.74) is 3.03. The van der Waals surface area contributed by atoms with Crippen molar-refractivity contribution in [2.24, 2.45) is 5.92 Å². The maximum Gasteiger partial charge on any atom is 0.230 e. The first-order valence-electron chi connectivity index (χ1n) is 7.73. The molecule has 6 heteroatoms. The van der Waals surface area contributed by atoms with E-state index in [1.54, 1.807) is 17.0 Å². The van der Waals surface area contributed by atoms with E-state index in [9.17, 15) is 9.59 Å². The van der Waals surface area contributed by atoms with E-state index in [0.29, 0.717) is 17.4 Å². The van der Waals surface area contributed by atoms with Gasteiger partial charge in [0.15, 0.2) is 0 Å². The highest BCUT2D eigenvalue weighted by Crippen LogP contribution is 2.27. The summed E-state index contributed by atoms with van der Waals surface area (Å²) in [7, 11) is 0. The topological polar surface area (TPSA) is 62.3 Å². The van der Waals surface area contributed by atoms with Gasteiger partial charge in [0.1, 0.15) is 5.82 Å². The van der Waals surface area contributed by atoms with Gasteiger partial charge in [-0.15, -0.1) is 0 Å². The molecule has 1 fully saturated rings. The Kier molecular flexibility index (Phi) is 4.53. The lowest BCUT2D eigenvalue weighted by Gasteiger charge is -2.18. The first kappa shape index (κ1) is 16.5. The van der Waals surface area contributed by atoms with Crippen molar-refractivity contribution in [1.82, 2.24) is 4.98 Å². The summed E-state index contributed by atoms with van der Waals surface area (Å²) in [6.07, 6.45) is 1.67. The summed E-state index contributed by atoms with van der Waals surface area (Å²) < 4.78 is 0. The van der Waals surface area contributed by atoms with Gasteiger partial charge in [-0.3, -0.25) is 9.59 Å². The van der Waals surface area contributed by atoms with Crippen LogP contribution in [-0.2, 0) is 9.59 Å². The number of aromatic nitrogens is 1. The molecule has 5 nitrogen and oxygen atoms in total. The third kappa shape index (κ3) is 3.57. The molecule has 0 aliphatic carbocycles. The van der Waals surface area contributed by atoms with Crippen molar-refractivity contribution in [3.05, 3.63) is 52.7 Å². The number of nitrogens with zero attached hydrogens (tertiary/aromatic N) is 2. The Labute approximate surface area is 145 Å². The second kappa shape index (κ2) is 6.61. The number of carbonyl (C=O) groups excluding carboxylic acids is 2. The highest BCUT2D eigenvalue weighted by atomic mass is 35.5. The van der Waals surface area contributed by atoms with Crippen LogP contribution < -0.4 is 10.2 Å². The van der Waals surface area contributed by atoms with Crippen LogP contribution in [0.3, 0.4) is 0 Å². The second-order valence-corrected chi connectivity index (χ2v) is 6.54. The van der Waals surface area contributed by atoms with E-state index in [0.717, 1.165) is 16.8 Å². The van der Waals surface area contributed by atoms with Crippen molar-refractivity contribution in [2.75, 3.05) is 16.8 Å². The number of nitrogens with one attached hydrogen (secondary N) is 1. The molecule has 0 spiro atoms. The molecular formula is C18H18ClN3O2. The first-order valence-corrected chi connectivity index (χ1v) is 8.11. The zero-order chi connectivity index (χ0) is 17.3. The van der Waals surface area contributed by atoms with Gasteiger partial charge in [-0.05, 0) is 49.2 Å². The Balaban J connectivity index is 1.71. The molecule has 1 aliphatic rings. The normalized spacial score (nSPS) is 17.2. The fourth-order valence-corrected chi connectivity index (χ4v) is 3.03. The van der Waals surface area contributed by atoms with E-state index in [4.69, 9.17) is 11.6 Å². The van der Waals surface area contributed by atoms with Crippen LogP contribution in [0.2, 0.25) is 5.02 Å². The van der Waals surface area contributed by atoms with Crippen LogP contribution >= 0.6 is 11.6 Å². The predicted octanol–water partition coefficient (Wildman–Crippen LogP) is 3.34. The summed E-state index contributed by atoms with van der Waals surface area (Å²) in [4.78, 5) is 30.4. The number of amides is 2. The van der Waals surface area contributed by atoms with Gasteiger partial charge in [-0.1, -0.05) is 17.7 Å². The molecule has 1 atom stereocenters. The quantitative estimate of drug-likeness (QED) is 0.929. The number of hydrogen-bond donors (Lipinski definition) is 1. The summed E-state index contributed by atoms with van der Waals surface area (Å²) in [6, 6.07) is 9.28. The van der Waals surface area contributed by atoms with E-state index in [1.165, 1.54) is 6.20 Å². The Morgan fingerprint density at radius 1 is 1.25 bits per heavy atom. The zero-order valence-corrected chi connectivity index (χ0v) is 14.3. The number of rotatable bonds is 3. The number of aryl methyl sites for hydroxylation is 2. The standard InChI is InChI=1S/C18H18ClN3O2/c1-11-5-12(2)7-15(6-11)22-10-13(8-17(22)23)18(24)21-16-4-3-14(19)9-20-16/h3-7,9,13H,8,10H2,1-2H3,(H,20,21,24)/t13-/m0/s1. The molecule has 2 amide bonds. The Morgan fingerprint density at radius 3 is 2.58 bits per heavy atom. The number of halogens is 1. The van der Waals surface area contributed by atoms with Crippen molar-refractivity contribution in [1.29, 1.82) is 0 Å². The zero-order valence-electron chi connectivity index (χ0n) is 13.5. The predicted molar refractivity (Wildman–Crippen MR) is 94.3 cm³/mol. The van der Waals surface area contributed by atoms with Crippen LogP contribution in [0.15, 0.2) is 36.5 Å². The van der Waals surface area contributed by atoms with Crippen molar-refractivity contribution in [3.8, 4) is 0 Å². The molecule has 1 N–H and O–H groups in total. The van der Waals surface area contributed by atoms with Gasteiger partial charge in [0.25, 0.3) is 0 Å². The number of carbonyl (C=O) groups is 2. The summed E-state index contributed by atoms with van der Waals surface area (Å²) in [6.45, 7) is 4.36. The molecule has 1 aromatic heterocycles. The molecule has 24 heavy (non-hydrogen) atoms.